The van der Waals surface area contributed by atoms with Crippen molar-refractivity contribution in [2.75, 3.05) is 38.1 Å². The molecule has 0 aromatic carbocycles. The first-order chi connectivity index (χ1) is 17.3. The maximum atomic E-state index is 12.7. The zero-order chi connectivity index (χ0) is 25.5. The smallest absolute Gasteiger partial charge is 0.307 e. The van der Waals surface area contributed by atoms with Gasteiger partial charge in [-0.3, -0.25) is 4.79 Å². The van der Waals surface area contributed by atoms with Gasteiger partial charge in [-0.1, -0.05) is 50.1 Å². The number of piperazine rings is 1. The third-order valence-electron chi connectivity index (χ3n) is 7.21. The third-order valence-corrected chi connectivity index (χ3v) is 7.21. The van der Waals surface area contributed by atoms with Gasteiger partial charge in [-0.05, 0) is 40.2 Å². The molecule has 0 N–H and O–H groups in total. The molecule has 1 aliphatic heterocycles. The van der Waals surface area contributed by atoms with Gasteiger partial charge in [-0.15, -0.1) is 0 Å². The van der Waals surface area contributed by atoms with Gasteiger partial charge in [0.2, 0.25) is 11.7 Å². The number of carbonyl (C=O) groups is 1. The van der Waals surface area contributed by atoms with Crippen LogP contribution in [0.25, 0.3) is 11.5 Å². The zero-order valence-corrected chi connectivity index (χ0v) is 22.4. The Balaban J connectivity index is 1.49. The topological polar surface area (TPSA) is 97.5 Å². The lowest BCUT2D eigenvalue weighted by atomic mass is 9.84. The van der Waals surface area contributed by atoms with E-state index in [1.165, 1.54) is 38.5 Å². The second-order valence-corrected chi connectivity index (χ2v) is 11.4. The third kappa shape index (κ3) is 7.48. The Morgan fingerprint density at radius 1 is 1.11 bits per heavy atom. The summed E-state index contributed by atoms with van der Waals surface area (Å²) < 4.78 is 11.4. The van der Waals surface area contributed by atoms with Gasteiger partial charge in [-0.2, -0.15) is 4.98 Å². The zero-order valence-electron chi connectivity index (χ0n) is 22.4. The predicted molar refractivity (Wildman–Crippen MR) is 139 cm³/mol. The van der Waals surface area contributed by atoms with E-state index in [9.17, 15) is 4.79 Å². The summed E-state index contributed by atoms with van der Waals surface area (Å²) in [5, 5.41) is 4.28. The summed E-state index contributed by atoms with van der Waals surface area (Å²) in [5.41, 5.74) is 0.0936. The van der Waals surface area contributed by atoms with E-state index in [2.05, 4.69) is 32.0 Å². The molecule has 36 heavy (non-hydrogen) atoms. The van der Waals surface area contributed by atoms with Gasteiger partial charge in [0.15, 0.2) is 11.5 Å². The Bertz CT molecular complexity index is 974. The first-order valence-electron chi connectivity index (χ1n) is 13.6. The molecule has 0 bridgehead atoms. The van der Waals surface area contributed by atoms with E-state index in [1.54, 1.807) is 12.4 Å². The summed E-state index contributed by atoms with van der Waals surface area (Å²) in [6.45, 7) is 9.34. The molecular weight excluding hydrogens is 456 g/mol. The molecule has 3 heterocycles. The summed E-state index contributed by atoms with van der Waals surface area (Å²) in [6.07, 6.45) is 13.3. The van der Waals surface area contributed by atoms with Crippen molar-refractivity contribution in [1.29, 1.82) is 0 Å². The van der Waals surface area contributed by atoms with Crippen molar-refractivity contribution in [3.05, 3.63) is 18.3 Å². The lowest BCUT2D eigenvalue weighted by Crippen LogP contribution is -2.45. The number of hydrogen-bond donors (Lipinski definition) is 0. The van der Waals surface area contributed by atoms with Crippen molar-refractivity contribution in [3.63, 3.8) is 0 Å². The quantitative estimate of drug-likeness (QED) is 0.450. The van der Waals surface area contributed by atoms with Crippen LogP contribution in [0.5, 0.6) is 0 Å². The first-order valence-corrected chi connectivity index (χ1v) is 13.6. The highest BCUT2D eigenvalue weighted by Crippen LogP contribution is 2.33. The summed E-state index contributed by atoms with van der Waals surface area (Å²) in [4.78, 5) is 31.1. The Hall–Kier alpha value is -2.55. The second-order valence-electron chi connectivity index (χ2n) is 11.4. The highest BCUT2D eigenvalue weighted by molar-refractivity contribution is 5.71. The molecule has 9 heteroatoms. The highest BCUT2D eigenvalue weighted by Gasteiger charge is 2.28. The minimum Gasteiger partial charge on any atom is -0.460 e. The number of aromatic nitrogens is 4. The minimum atomic E-state index is -0.527. The van der Waals surface area contributed by atoms with Crippen LogP contribution in [0, 0.1) is 5.92 Å². The van der Waals surface area contributed by atoms with Gasteiger partial charge < -0.3 is 19.1 Å². The molecule has 198 valence electrons. The van der Waals surface area contributed by atoms with Crippen molar-refractivity contribution < 1.29 is 14.1 Å². The number of carbonyl (C=O) groups excluding carboxylic acids is 1. The maximum absolute atomic E-state index is 12.7. The molecule has 1 atom stereocenters. The van der Waals surface area contributed by atoms with Crippen LogP contribution < -0.4 is 4.90 Å². The Kier molecular flexibility index (Phi) is 8.93. The number of esters is 1. The van der Waals surface area contributed by atoms with Crippen LogP contribution >= 0.6 is 0 Å². The molecule has 0 radical (unpaired) electrons. The number of nitrogens with zero attached hydrogens (tertiary/aromatic N) is 6. The molecule has 0 spiro atoms. The van der Waals surface area contributed by atoms with Crippen LogP contribution in [-0.4, -0.2) is 69.8 Å². The van der Waals surface area contributed by atoms with E-state index in [1.807, 2.05) is 20.8 Å². The fraction of sp³-hybridized carbons (Fsp3) is 0.741. The number of ether oxygens (including phenoxy) is 1. The minimum absolute atomic E-state index is 0.173. The van der Waals surface area contributed by atoms with Gasteiger partial charge in [0.05, 0.1) is 6.42 Å². The van der Waals surface area contributed by atoms with Gasteiger partial charge in [-0.25, -0.2) is 9.97 Å². The summed E-state index contributed by atoms with van der Waals surface area (Å²) in [7, 11) is 2.12. The molecule has 2 aliphatic rings. The molecule has 4 rings (SSSR count). The van der Waals surface area contributed by atoms with E-state index in [-0.39, 0.29) is 18.3 Å². The molecule has 9 nitrogen and oxygen atoms in total. The number of likely N-dealkylation sites (N-methyl/N-ethyl adjacent to an activating group) is 1. The number of hydrogen-bond acceptors (Lipinski definition) is 9. The van der Waals surface area contributed by atoms with E-state index in [4.69, 9.17) is 14.2 Å². The van der Waals surface area contributed by atoms with Gasteiger partial charge in [0, 0.05) is 44.5 Å². The van der Waals surface area contributed by atoms with E-state index < -0.39 is 5.60 Å². The number of rotatable bonds is 9. The molecule has 1 unspecified atom stereocenters. The first kappa shape index (κ1) is 26.5. The SMILES string of the molecule is CN1CCN(c2nccnc2-c2noc(C(CCCC3CCCCC3)CC(=O)OC(C)(C)C)n2)CC1. The van der Waals surface area contributed by atoms with Crippen LogP contribution in [0.1, 0.15) is 90.4 Å². The monoisotopic (exact) mass is 498 g/mol. The van der Waals surface area contributed by atoms with Gasteiger partial charge >= 0.3 is 5.97 Å². The fourth-order valence-electron chi connectivity index (χ4n) is 5.26. The van der Waals surface area contributed by atoms with Crippen LogP contribution in [0.4, 0.5) is 5.82 Å². The van der Waals surface area contributed by atoms with Crippen molar-refractivity contribution in [2.24, 2.45) is 5.92 Å². The fourth-order valence-corrected chi connectivity index (χ4v) is 5.26. The highest BCUT2D eigenvalue weighted by atomic mass is 16.6. The Labute approximate surface area is 215 Å². The lowest BCUT2D eigenvalue weighted by molar-refractivity contribution is -0.155. The standard InChI is InChI=1S/C27H42N6O3/c1-27(2,3)35-22(34)19-21(12-8-11-20-9-6-5-7-10-20)26-30-24(31-36-26)23-25(29-14-13-28-23)33-17-15-32(4)16-18-33/h13-14,20-21H,5-12,15-19H2,1-4H3. The molecule has 2 aromatic heterocycles. The normalized spacial score (nSPS) is 18.8. The van der Waals surface area contributed by atoms with Crippen molar-refractivity contribution >= 4 is 11.8 Å². The molecule has 1 saturated carbocycles. The number of anilines is 1. The Morgan fingerprint density at radius 3 is 2.56 bits per heavy atom. The summed E-state index contributed by atoms with van der Waals surface area (Å²) in [6, 6.07) is 0. The van der Waals surface area contributed by atoms with E-state index >= 15 is 0 Å². The van der Waals surface area contributed by atoms with E-state index in [0.29, 0.717) is 17.4 Å². The summed E-state index contributed by atoms with van der Waals surface area (Å²) >= 11 is 0. The van der Waals surface area contributed by atoms with E-state index in [0.717, 1.165) is 50.8 Å². The van der Waals surface area contributed by atoms with Gasteiger partial charge in [0.25, 0.3) is 0 Å². The molecule has 2 aromatic rings. The van der Waals surface area contributed by atoms with Gasteiger partial charge in [0.1, 0.15) is 5.60 Å². The van der Waals surface area contributed by atoms with Crippen LogP contribution in [0.2, 0.25) is 0 Å². The van der Waals surface area contributed by atoms with Crippen LogP contribution in [0.3, 0.4) is 0 Å². The molecule has 1 aliphatic carbocycles. The maximum Gasteiger partial charge on any atom is 0.307 e. The van der Waals surface area contributed by atoms with Crippen molar-refractivity contribution in [1.82, 2.24) is 25.0 Å². The predicted octanol–water partition coefficient (Wildman–Crippen LogP) is 4.84. The molecular formula is C27H42N6O3. The lowest BCUT2D eigenvalue weighted by Gasteiger charge is -2.33. The molecule has 1 saturated heterocycles. The van der Waals surface area contributed by atoms with Crippen molar-refractivity contribution in [2.45, 2.75) is 90.1 Å². The summed E-state index contributed by atoms with van der Waals surface area (Å²) in [5.74, 6) is 2.07. The average Bonchev–Trinajstić information content (AvgIpc) is 3.34. The Morgan fingerprint density at radius 2 is 1.83 bits per heavy atom. The molecule has 0 amide bonds. The largest absolute Gasteiger partial charge is 0.460 e. The van der Waals surface area contributed by atoms with Crippen LogP contribution in [-0.2, 0) is 9.53 Å². The molecule has 2 fully saturated rings. The van der Waals surface area contributed by atoms with Crippen LogP contribution in [0.15, 0.2) is 16.9 Å². The second kappa shape index (κ2) is 12.1. The van der Waals surface area contributed by atoms with Crippen molar-refractivity contribution in [3.8, 4) is 11.5 Å². The average molecular weight is 499 g/mol.